The molecule has 142 valence electrons. The van der Waals surface area contributed by atoms with Crippen LogP contribution in [0.15, 0.2) is 47.5 Å². The quantitative estimate of drug-likeness (QED) is 0.423. The molecule has 0 saturated heterocycles. The number of hydrogen-bond donors (Lipinski definition) is 4. The topological polar surface area (TPSA) is 112 Å². The molecule has 0 heterocycles. The highest BCUT2D eigenvalue weighted by Gasteiger charge is 2.09. The summed E-state index contributed by atoms with van der Waals surface area (Å²) in [5.41, 5.74) is 9.60. The average molecular weight is 366 g/mol. The predicted octanol–water partition coefficient (Wildman–Crippen LogP) is 3.56. The van der Waals surface area contributed by atoms with Gasteiger partial charge in [0.2, 0.25) is 5.91 Å². The molecule has 0 fully saturated rings. The van der Waals surface area contributed by atoms with Gasteiger partial charge in [0.05, 0.1) is 12.1 Å². The lowest BCUT2D eigenvalue weighted by Gasteiger charge is -2.10. The Bertz CT molecular complexity index is 842. The molecule has 2 aromatic rings. The monoisotopic (exact) mass is 366 g/mol. The molecule has 0 atom stereocenters. The summed E-state index contributed by atoms with van der Waals surface area (Å²) < 4.78 is 0. The zero-order chi connectivity index (χ0) is 19.8. The van der Waals surface area contributed by atoms with Crippen LogP contribution in [0.4, 0.5) is 5.69 Å². The summed E-state index contributed by atoms with van der Waals surface area (Å²) in [7, 11) is 0. The summed E-state index contributed by atoms with van der Waals surface area (Å²) in [6.07, 6.45) is 1.82. The van der Waals surface area contributed by atoms with E-state index >= 15 is 0 Å². The standard InChI is InChI=1S/C21H26N4O2/c1-3-4-17(25-19-11-16(21(22)23)8-5-14(19)2)12-20(27)24-13-15-6-9-18(26)10-7-15/h5-11,26H,3-4,12-13H2,1-2H3,(H3,22,23)(H,24,27). The third-order valence-corrected chi connectivity index (χ3v) is 4.13. The summed E-state index contributed by atoms with van der Waals surface area (Å²) in [6.45, 7) is 4.39. The third-order valence-electron chi connectivity index (χ3n) is 4.13. The summed E-state index contributed by atoms with van der Waals surface area (Å²) in [4.78, 5) is 17.0. The number of nitrogens with zero attached hydrogens (tertiary/aromatic N) is 1. The Morgan fingerprint density at radius 3 is 2.56 bits per heavy atom. The molecule has 6 nitrogen and oxygen atoms in total. The molecule has 0 unspecified atom stereocenters. The fourth-order valence-corrected chi connectivity index (χ4v) is 2.60. The average Bonchev–Trinajstić information content (AvgIpc) is 2.63. The molecule has 27 heavy (non-hydrogen) atoms. The van der Waals surface area contributed by atoms with Crippen LogP contribution in [0.3, 0.4) is 0 Å². The van der Waals surface area contributed by atoms with Crippen LogP contribution in [0.5, 0.6) is 5.75 Å². The molecule has 6 heteroatoms. The lowest BCUT2D eigenvalue weighted by molar-refractivity contribution is -0.120. The van der Waals surface area contributed by atoms with Crippen molar-refractivity contribution in [2.45, 2.75) is 39.7 Å². The number of carbonyl (C=O) groups is 1. The van der Waals surface area contributed by atoms with Crippen molar-refractivity contribution >= 4 is 23.1 Å². The number of nitrogen functional groups attached to an aromatic ring is 1. The second-order valence-corrected chi connectivity index (χ2v) is 6.46. The van der Waals surface area contributed by atoms with E-state index in [0.29, 0.717) is 12.1 Å². The van der Waals surface area contributed by atoms with E-state index in [4.69, 9.17) is 11.1 Å². The number of nitrogens with one attached hydrogen (secondary N) is 2. The Kier molecular flexibility index (Phi) is 7.11. The van der Waals surface area contributed by atoms with E-state index in [1.165, 1.54) is 0 Å². The maximum Gasteiger partial charge on any atom is 0.225 e. The largest absolute Gasteiger partial charge is 0.508 e. The van der Waals surface area contributed by atoms with Crippen LogP contribution in [0, 0.1) is 12.3 Å². The first-order valence-electron chi connectivity index (χ1n) is 8.95. The van der Waals surface area contributed by atoms with Gasteiger partial charge in [-0.3, -0.25) is 15.2 Å². The van der Waals surface area contributed by atoms with E-state index in [0.717, 1.165) is 35.4 Å². The normalized spacial score (nSPS) is 11.3. The molecule has 5 N–H and O–H groups in total. The van der Waals surface area contributed by atoms with Gasteiger partial charge in [0.1, 0.15) is 11.6 Å². The van der Waals surface area contributed by atoms with Gasteiger partial charge in [-0.25, -0.2) is 0 Å². The Hall–Kier alpha value is -3.15. The van der Waals surface area contributed by atoms with Gasteiger partial charge in [-0.1, -0.05) is 37.6 Å². The van der Waals surface area contributed by atoms with Crippen LogP contribution in [-0.4, -0.2) is 22.6 Å². The van der Waals surface area contributed by atoms with Crippen molar-refractivity contribution < 1.29 is 9.90 Å². The van der Waals surface area contributed by atoms with E-state index in [1.807, 2.05) is 19.9 Å². The van der Waals surface area contributed by atoms with Gasteiger partial charge in [0.15, 0.2) is 0 Å². The zero-order valence-electron chi connectivity index (χ0n) is 15.7. The maximum absolute atomic E-state index is 12.3. The number of phenolic OH excluding ortho intramolecular Hbond substituents is 1. The van der Waals surface area contributed by atoms with Gasteiger partial charge in [0.25, 0.3) is 0 Å². The second kappa shape index (κ2) is 9.52. The third kappa shape index (κ3) is 6.26. The van der Waals surface area contributed by atoms with Gasteiger partial charge in [-0.05, 0) is 42.7 Å². The Labute approximate surface area is 159 Å². The van der Waals surface area contributed by atoms with Crippen molar-refractivity contribution in [3.05, 3.63) is 59.2 Å². The number of aryl methyl sites for hydroxylation is 1. The molecule has 0 aliphatic rings. The van der Waals surface area contributed by atoms with Crippen LogP contribution < -0.4 is 11.1 Å². The van der Waals surface area contributed by atoms with Crippen LogP contribution in [0.25, 0.3) is 0 Å². The SMILES string of the molecule is CCCC(CC(=O)NCc1ccc(O)cc1)=Nc1cc(C(=N)N)ccc1C. The molecule has 0 bridgehead atoms. The predicted molar refractivity (Wildman–Crippen MR) is 109 cm³/mol. The first-order valence-corrected chi connectivity index (χ1v) is 8.95. The lowest BCUT2D eigenvalue weighted by atomic mass is 10.1. The number of benzene rings is 2. The molecular weight excluding hydrogens is 340 g/mol. The fourth-order valence-electron chi connectivity index (χ4n) is 2.60. The summed E-state index contributed by atoms with van der Waals surface area (Å²) in [6, 6.07) is 12.2. The van der Waals surface area contributed by atoms with Crippen LogP contribution in [-0.2, 0) is 11.3 Å². The minimum absolute atomic E-state index is 0.00451. The second-order valence-electron chi connectivity index (χ2n) is 6.46. The first kappa shape index (κ1) is 20.2. The molecule has 0 aliphatic carbocycles. The Morgan fingerprint density at radius 1 is 1.22 bits per heavy atom. The Morgan fingerprint density at radius 2 is 1.93 bits per heavy atom. The van der Waals surface area contributed by atoms with Crippen molar-refractivity contribution in [2.75, 3.05) is 0 Å². The smallest absolute Gasteiger partial charge is 0.225 e. The number of nitrogens with two attached hydrogens (primary N) is 1. The van der Waals surface area contributed by atoms with Crippen molar-refractivity contribution in [1.29, 1.82) is 5.41 Å². The highest BCUT2D eigenvalue weighted by atomic mass is 16.3. The molecular formula is C21H26N4O2. The van der Waals surface area contributed by atoms with E-state index < -0.39 is 0 Å². The molecule has 0 radical (unpaired) electrons. The van der Waals surface area contributed by atoms with E-state index in [1.54, 1.807) is 36.4 Å². The number of amidine groups is 1. The van der Waals surface area contributed by atoms with Gasteiger partial charge in [-0.15, -0.1) is 0 Å². The Balaban J connectivity index is 2.08. The van der Waals surface area contributed by atoms with Crippen molar-refractivity contribution in [2.24, 2.45) is 10.7 Å². The van der Waals surface area contributed by atoms with Crippen LogP contribution >= 0.6 is 0 Å². The van der Waals surface area contributed by atoms with Crippen molar-refractivity contribution in [3.8, 4) is 5.75 Å². The summed E-state index contributed by atoms with van der Waals surface area (Å²) in [5, 5.41) is 19.8. The van der Waals surface area contributed by atoms with E-state index in [9.17, 15) is 9.90 Å². The van der Waals surface area contributed by atoms with Gasteiger partial charge < -0.3 is 16.2 Å². The highest BCUT2D eigenvalue weighted by Crippen LogP contribution is 2.21. The molecule has 0 spiro atoms. The van der Waals surface area contributed by atoms with E-state index in [-0.39, 0.29) is 23.9 Å². The number of phenols is 1. The number of aromatic hydroxyl groups is 1. The van der Waals surface area contributed by atoms with E-state index in [2.05, 4.69) is 10.3 Å². The minimum atomic E-state index is -0.101. The van der Waals surface area contributed by atoms with Gasteiger partial charge in [0, 0.05) is 17.8 Å². The summed E-state index contributed by atoms with van der Waals surface area (Å²) >= 11 is 0. The minimum Gasteiger partial charge on any atom is -0.508 e. The lowest BCUT2D eigenvalue weighted by Crippen LogP contribution is -2.25. The number of rotatable bonds is 8. The number of aliphatic imine (C=N–C) groups is 1. The molecule has 2 aromatic carbocycles. The fraction of sp³-hybridized carbons (Fsp3) is 0.286. The zero-order valence-corrected chi connectivity index (χ0v) is 15.7. The highest BCUT2D eigenvalue weighted by molar-refractivity contribution is 6.02. The molecule has 1 amide bonds. The maximum atomic E-state index is 12.3. The van der Waals surface area contributed by atoms with Crippen LogP contribution in [0.2, 0.25) is 0 Å². The van der Waals surface area contributed by atoms with Crippen LogP contribution in [0.1, 0.15) is 42.9 Å². The molecule has 0 saturated carbocycles. The molecule has 2 rings (SSSR count). The molecule has 0 aliphatic heterocycles. The van der Waals surface area contributed by atoms with Crippen molar-refractivity contribution in [1.82, 2.24) is 5.32 Å². The molecule has 0 aromatic heterocycles. The van der Waals surface area contributed by atoms with Crippen molar-refractivity contribution in [3.63, 3.8) is 0 Å². The number of hydrogen-bond acceptors (Lipinski definition) is 4. The first-order chi connectivity index (χ1) is 12.9. The number of amides is 1. The van der Waals surface area contributed by atoms with Gasteiger partial charge in [-0.2, -0.15) is 0 Å². The summed E-state index contributed by atoms with van der Waals surface area (Å²) in [5.74, 6) is 0.0939. The van der Waals surface area contributed by atoms with Gasteiger partial charge >= 0.3 is 0 Å². The number of carbonyl (C=O) groups excluding carboxylic acids is 1.